The van der Waals surface area contributed by atoms with Crippen molar-refractivity contribution in [2.75, 3.05) is 13.1 Å². The highest BCUT2D eigenvalue weighted by Gasteiger charge is 2.45. The summed E-state index contributed by atoms with van der Waals surface area (Å²) in [7, 11) is 0. The number of amides is 1. The molecule has 0 bridgehead atoms. The zero-order valence-corrected chi connectivity index (χ0v) is 13.4. The van der Waals surface area contributed by atoms with Crippen molar-refractivity contribution < 1.29 is 4.79 Å². The zero-order chi connectivity index (χ0) is 14.6. The fourth-order valence-corrected chi connectivity index (χ4v) is 3.38. The molecule has 0 radical (unpaired) electrons. The Kier molecular flexibility index (Phi) is 5.84. The van der Waals surface area contributed by atoms with Crippen LogP contribution in [0.5, 0.6) is 0 Å². The molecule has 1 rings (SSSR count). The van der Waals surface area contributed by atoms with Crippen molar-refractivity contribution in [2.24, 2.45) is 23.0 Å². The average Bonchev–Trinajstić information content (AvgIpc) is 2.35. The summed E-state index contributed by atoms with van der Waals surface area (Å²) in [5, 5.41) is 0. The third-order valence-corrected chi connectivity index (χ3v) is 5.10. The van der Waals surface area contributed by atoms with Gasteiger partial charge in [-0.2, -0.15) is 0 Å². The highest BCUT2D eigenvalue weighted by molar-refractivity contribution is 5.79. The first-order valence-electron chi connectivity index (χ1n) is 7.90. The highest BCUT2D eigenvalue weighted by atomic mass is 16.2. The molecule has 3 nitrogen and oxygen atoms in total. The molecule has 0 aromatic rings. The lowest BCUT2D eigenvalue weighted by Crippen LogP contribution is -2.52. The van der Waals surface area contributed by atoms with Crippen LogP contribution in [0.3, 0.4) is 0 Å². The van der Waals surface area contributed by atoms with Gasteiger partial charge in [-0.15, -0.1) is 0 Å². The van der Waals surface area contributed by atoms with Gasteiger partial charge in [-0.1, -0.05) is 34.6 Å². The first kappa shape index (κ1) is 16.5. The predicted molar refractivity (Wildman–Crippen MR) is 80.8 cm³/mol. The average molecular weight is 268 g/mol. The molecule has 2 N–H and O–H groups in total. The minimum absolute atomic E-state index is 0.00842. The van der Waals surface area contributed by atoms with Crippen molar-refractivity contribution >= 4 is 5.91 Å². The van der Waals surface area contributed by atoms with E-state index in [0.29, 0.717) is 11.8 Å². The molecule has 19 heavy (non-hydrogen) atoms. The molecule has 1 amide bonds. The molecule has 0 aromatic heterocycles. The monoisotopic (exact) mass is 268 g/mol. The van der Waals surface area contributed by atoms with Gasteiger partial charge in [-0.3, -0.25) is 4.79 Å². The third kappa shape index (κ3) is 3.50. The lowest BCUT2D eigenvalue weighted by molar-refractivity contribution is -0.143. The molecule has 0 aromatic carbocycles. The van der Waals surface area contributed by atoms with Crippen LogP contribution in [0.25, 0.3) is 0 Å². The number of hydrogen-bond donors (Lipinski definition) is 1. The summed E-state index contributed by atoms with van der Waals surface area (Å²) in [5.41, 5.74) is 6.19. The van der Waals surface area contributed by atoms with Crippen LogP contribution in [0.2, 0.25) is 0 Å². The minimum atomic E-state index is 0.00842. The van der Waals surface area contributed by atoms with E-state index in [0.717, 1.165) is 38.8 Å². The normalized spacial score (nSPS) is 30.1. The van der Waals surface area contributed by atoms with Gasteiger partial charge in [0.15, 0.2) is 0 Å². The Morgan fingerprint density at radius 1 is 1.21 bits per heavy atom. The van der Waals surface area contributed by atoms with Gasteiger partial charge >= 0.3 is 0 Å². The van der Waals surface area contributed by atoms with E-state index in [1.165, 1.54) is 0 Å². The maximum absolute atomic E-state index is 12.8. The van der Waals surface area contributed by atoms with E-state index >= 15 is 0 Å². The van der Waals surface area contributed by atoms with Crippen LogP contribution in [-0.2, 0) is 4.79 Å². The molecule has 0 aliphatic heterocycles. The Morgan fingerprint density at radius 3 is 2.21 bits per heavy atom. The SMILES string of the molecule is CCCN(CCC)C(=O)C1CCC(N)C(C)C1(C)C. The Balaban J connectivity index is 2.84. The van der Waals surface area contributed by atoms with Crippen LogP contribution in [0.1, 0.15) is 60.3 Å². The largest absolute Gasteiger partial charge is 0.342 e. The third-order valence-electron chi connectivity index (χ3n) is 5.10. The first-order chi connectivity index (χ1) is 8.86. The van der Waals surface area contributed by atoms with Gasteiger partial charge in [-0.25, -0.2) is 0 Å². The van der Waals surface area contributed by atoms with E-state index in [-0.39, 0.29) is 17.4 Å². The molecule has 1 fully saturated rings. The van der Waals surface area contributed by atoms with Crippen molar-refractivity contribution in [3.8, 4) is 0 Å². The van der Waals surface area contributed by atoms with E-state index in [1.807, 2.05) is 0 Å². The van der Waals surface area contributed by atoms with Crippen LogP contribution < -0.4 is 5.73 Å². The van der Waals surface area contributed by atoms with Crippen molar-refractivity contribution in [1.82, 2.24) is 4.90 Å². The van der Waals surface area contributed by atoms with Crippen molar-refractivity contribution in [1.29, 1.82) is 0 Å². The Bertz CT molecular complexity index is 295. The van der Waals surface area contributed by atoms with E-state index < -0.39 is 0 Å². The summed E-state index contributed by atoms with van der Waals surface area (Å²) in [6.07, 6.45) is 4.00. The van der Waals surface area contributed by atoms with E-state index in [2.05, 4.69) is 39.5 Å². The van der Waals surface area contributed by atoms with Crippen molar-refractivity contribution in [3.63, 3.8) is 0 Å². The minimum Gasteiger partial charge on any atom is -0.342 e. The predicted octanol–water partition coefficient (Wildman–Crippen LogP) is 3.03. The van der Waals surface area contributed by atoms with Crippen LogP contribution in [-0.4, -0.2) is 29.9 Å². The number of nitrogens with two attached hydrogens (primary N) is 1. The van der Waals surface area contributed by atoms with Gasteiger partial charge < -0.3 is 10.6 Å². The molecule has 1 saturated carbocycles. The van der Waals surface area contributed by atoms with Crippen LogP contribution in [0.4, 0.5) is 0 Å². The van der Waals surface area contributed by atoms with Gasteiger partial charge in [-0.05, 0) is 37.0 Å². The molecule has 3 atom stereocenters. The molecule has 0 spiro atoms. The number of carbonyl (C=O) groups is 1. The van der Waals surface area contributed by atoms with Crippen LogP contribution in [0, 0.1) is 17.3 Å². The summed E-state index contributed by atoms with van der Waals surface area (Å²) in [4.78, 5) is 14.9. The second kappa shape index (κ2) is 6.74. The standard InChI is InChI=1S/C16H32N2O/c1-6-10-18(11-7-2)15(19)13-8-9-14(17)12(3)16(13,4)5/h12-14H,6-11,17H2,1-5H3. The van der Waals surface area contributed by atoms with Gasteiger partial charge in [0, 0.05) is 25.0 Å². The molecule has 3 unspecified atom stereocenters. The maximum Gasteiger partial charge on any atom is 0.226 e. The lowest BCUT2D eigenvalue weighted by atomic mass is 9.60. The molecule has 3 heteroatoms. The van der Waals surface area contributed by atoms with Crippen LogP contribution >= 0.6 is 0 Å². The zero-order valence-electron chi connectivity index (χ0n) is 13.4. The Morgan fingerprint density at radius 2 is 1.74 bits per heavy atom. The summed E-state index contributed by atoms with van der Waals surface area (Å²) in [5.74, 6) is 0.896. The molecule has 0 heterocycles. The highest BCUT2D eigenvalue weighted by Crippen LogP contribution is 2.45. The fourth-order valence-electron chi connectivity index (χ4n) is 3.38. The quantitative estimate of drug-likeness (QED) is 0.833. The molecular formula is C16H32N2O. The summed E-state index contributed by atoms with van der Waals surface area (Å²) in [6.45, 7) is 12.7. The van der Waals surface area contributed by atoms with Crippen LogP contribution in [0.15, 0.2) is 0 Å². The molecule has 1 aliphatic carbocycles. The smallest absolute Gasteiger partial charge is 0.226 e. The number of nitrogens with zero attached hydrogens (tertiary/aromatic N) is 1. The number of rotatable bonds is 5. The Hall–Kier alpha value is -0.570. The van der Waals surface area contributed by atoms with Crippen molar-refractivity contribution in [3.05, 3.63) is 0 Å². The molecule has 0 saturated heterocycles. The number of carbonyl (C=O) groups excluding carboxylic acids is 1. The second-order valence-electron chi connectivity index (χ2n) is 6.73. The molecule has 1 aliphatic rings. The van der Waals surface area contributed by atoms with Gasteiger partial charge in [0.25, 0.3) is 0 Å². The molecular weight excluding hydrogens is 236 g/mol. The van der Waals surface area contributed by atoms with Gasteiger partial charge in [0.05, 0.1) is 0 Å². The van der Waals surface area contributed by atoms with E-state index in [1.54, 1.807) is 0 Å². The summed E-state index contributed by atoms with van der Waals surface area (Å²) < 4.78 is 0. The van der Waals surface area contributed by atoms with E-state index in [9.17, 15) is 4.79 Å². The van der Waals surface area contributed by atoms with Gasteiger partial charge in [0.2, 0.25) is 5.91 Å². The number of hydrogen-bond acceptors (Lipinski definition) is 2. The second-order valence-corrected chi connectivity index (χ2v) is 6.73. The lowest BCUT2D eigenvalue weighted by Gasteiger charge is -2.47. The first-order valence-corrected chi connectivity index (χ1v) is 7.90. The summed E-state index contributed by atoms with van der Waals surface area (Å²) >= 11 is 0. The van der Waals surface area contributed by atoms with E-state index in [4.69, 9.17) is 5.73 Å². The Labute approximate surface area is 118 Å². The van der Waals surface area contributed by atoms with Crippen molar-refractivity contribution in [2.45, 2.75) is 66.3 Å². The topological polar surface area (TPSA) is 46.3 Å². The van der Waals surface area contributed by atoms with Gasteiger partial charge in [0.1, 0.15) is 0 Å². The molecule has 112 valence electrons. The summed E-state index contributed by atoms with van der Waals surface area (Å²) in [6, 6.07) is 0.241. The fraction of sp³-hybridized carbons (Fsp3) is 0.938. The maximum atomic E-state index is 12.8.